The van der Waals surface area contributed by atoms with E-state index < -0.39 is 5.97 Å². The Hall–Kier alpha value is -0.360. The van der Waals surface area contributed by atoms with E-state index in [4.69, 9.17) is 45.6 Å². The van der Waals surface area contributed by atoms with Crippen LogP contribution in [0.3, 0.4) is 0 Å². The molecular formula is C14H33N3O6. The zero-order chi connectivity index (χ0) is 17.2. The second-order valence-electron chi connectivity index (χ2n) is 4.61. The van der Waals surface area contributed by atoms with Crippen LogP contribution in [0.2, 0.25) is 0 Å². The molecule has 0 aromatic heterocycles. The topological polar surface area (TPSA) is 133 Å². The van der Waals surface area contributed by atoms with E-state index >= 15 is 0 Å². The van der Waals surface area contributed by atoms with E-state index in [0.717, 1.165) is 0 Å². The normalized spacial score (nSPS) is 12.0. The van der Waals surface area contributed by atoms with Gasteiger partial charge in [0.2, 0.25) is 0 Å². The molecule has 0 amide bonds. The van der Waals surface area contributed by atoms with Gasteiger partial charge in [-0.05, 0) is 0 Å². The third kappa shape index (κ3) is 14.9. The SMILES string of the molecule is CC(OCCOCCN)(OCCOCCN)OCCOCCN. The van der Waals surface area contributed by atoms with E-state index in [2.05, 4.69) is 0 Å². The van der Waals surface area contributed by atoms with Gasteiger partial charge in [-0.25, -0.2) is 0 Å². The van der Waals surface area contributed by atoms with Crippen LogP contribution in [0.15, 0.2) is 0 Å². The summed E-state index contributed by atoms with van der Waals surface area (Å²) in [6.07, 6.45) is 0. The fourth-order valence-corrected chi connectivity index (χ4v) is 1.54. The summed E-state index contributed by atoms with van der Waals surface area (Å²) in [4.78, 5) is 0. The minimum absolute atomic E-state index is 0.323. The highest BCUT2D eigenvalue weighted by Crippen LogP contribution is 2.14. The minimum atomic E-state index is -1.19. The average Bonchev–Trinajstić information content (AvgIpc) is 2.54. The standard InChI is InChI=1S/C14H33N3O6/c1-14(21-11-8-18-5-2-15,22-12-9-19-6-3-16)23-13-10-20-7-4-17/h2-13,15-17H2,1H3. The van der Waals surface area contributed by atoms with E-state index in [1.54, 1.807) is 6.92 Å². The van der Waals surface area contributed by atoms with Gasteiger partial charge in [-0.1, -0.05) is 0 Å². The second kappa shape index (κ2) is 16.5. The van der Waals surface area contributed by atoms with Crippen molar-refractivity contribution in [2.24, 2.45) is 17.2 Å². The molecule has 0 aliphatic heterocycles. The lowest BCUT2D eigenvalue weighted by Crippen LogP contribution is -2.39. The maximum Gasteiger partial charge on any atom is 0.280 e. The number of nitrogens with two attached hydrogens (primary N) is 3. The van der Waals surface area contributed by atoms with Gasteiger partial charge < -0.3 is 45.6 Å². The molecule has 0 radical (unpaired) electrons. The summed E-state index contributed by atoms with van der Waals surface area (Å²) in [5.74, 6) is -1.19. The Morgan fingerprint density at radius 3 is 1.09 bits per heavy atom. The Morgan fingerprint density at radius 1 is 0.522 bits per heavy atom. The molecule has 0 saturated carbocycles. The van der Waals surface area contributed by atoms with Crippen molar-refractivity contribution in [1.82, 2.24) is 0 Å². The molecule has 140 valence electrons. The van der Waals surface area contributed by atoms with Crippen molar-refractivity contribution in [2.45, 2.75) is 12.9 Å². The van der Waals surface area contributed by atoms with Crippen LogP contribution in [0.4, 0.5) is 0 Å². The quantitative estimate of drug-likeness (QED) is 0.204. The van der Waals surface area contributed by atoms with Crippen LogP contribution in [0, 0.1) is 0 Å². The maximum absolute atomic E-state index is 5.62. The third-order valence-electron chi connectivity index (χ3n) is 2.56. The van der Waals surface area contributed by atoms with Gasteiger partial charge in [-0.3, -0.25) is 0 Å². The van der Waals surface area contributed by atoms with Gasteiger partial charge in [-0.2, -0.15) is 0 Å². The van der Waals surface area contributed by atoms with Crippen LogP contribution in [0.5, 0.6) is 0 Å². The van der Waals surface area contributed by atoms with Gasteiger partial charge in [0.25, 0.3) is 5.97 Å². The van der Waals surface area contributed by atoms with Crippen molar-refractivity contribution in [1.29, 1.82) is 0 Å². The first-order chi connectivity index (χ1) is 11.2. The van der Waals surface area contributed by atoms with Crippen LogP contribution in [-0.4, -0.2) is 85.1 Å². The summed E-state index contributed by atoms with van der Waals surface area (Å²) in [7, 11) is 0. The first-order valence-corrected chi connectivity index (χ1v) is 7.94. The van der Waals surface area contributed by atoms with Crippen molar-refractivity contribution in [3.8, 4) is 0 Å². The fourth-order valence-electron chi connectivity index (χ4n) is 1.54. The number of rotatable bonds is 18. The Labute approximate surface area is 138 Å². The van der Waals surface area contributed by atoms with Crippen LogP contribution < -0.4 is 17.2 Å². The highest BCUT2D eigenvalue weighted by molar-refractivity contribution is 4.50. The molecule has 23 heavy (non-hydrogen) atoms. The first-order valence-electron chi connectivity index (χ1n) is 7.94. The van der Waals surface area contributed by atoms with Crippen LogP contribution >= 0.6 is 0 Å². The monoisotopic (exact) mass is 339 g/mol. The summed E-state index contributed by atoms with van der Waals surface area (Å²) < 4.78 is 32.6. The molecule has 0 aromatic rings. The Morgan fingerprint density at radius 2 is 0.826 bits per heavy atom. The number of hydrogen-bond acceptors (Lipinski definition) is 9. The summed E-state index contributed by atoms with van der Waals surface area (Å²) in [6.45, 7) is 6.78. The molecule has 0 spiro atoms. The lowest BCUT2D eigenvalue weighted by Gasteiger charge is -2.29. The second-order valence-corrected chi connectivity index (χ2v) is 4.61. The van der Waals surface area contributed by atoms with E-state index in [-0.39, 0.29) is 0 Å². The molecule has 0 fully saturated rings. The predicted molar refractivity (Wildman–Crippen MR) is 85.9 cm³/mol. The fraction of sp³-hybridized carbons (Fsp3) is 1.00. The van der Waals surface area contributed by atoms with Crippen LogP contribution in [-0.2, 0) is 28.4 Å². The van der Waals surface area contributed by atoms with Crippen molar-refractivity contribution in [3.05, 3.63) is 0 Å². The van der Waals surface area contributed by atoms with Crippen molar-refractivity contribution >= 4 is 0 Å². The summed E-state index contributed by atoms with van der Waals surface area (Å²) in [5.41, 5.74) is 16.0. The number of ether oxygens (including phenoxy) is 6. The van der Waals surface area contributed by atoms with Gasteiger partial charge in [0, 0.05) is 26.6 Å². The van der Waals surface area contributed by atoms with Gasteiger partial charge in [-0.15, -0.1) is 0 Å². The lowest BCUT2D eigenvalue weighted by atomic mass is 10.5. The molecule has 0 rings (SSSR count). The van der Waals surface area contributed by atoms with E-state index in [9.17, 15) is 0 Å². The summed E-state index contributed by atoms with van der Waals surface area (Å²) in [5, 5.41) is 0. The van der Waals surface area contributed by atoms with Crippen molar-refractivity contribution in [2.75, 3.05) is 79.1 Å². The highest BCUT2D eigenvalue weighted by Gasteiger charge is 2.27. The van der Waals surface area contributed by atoms with Gasteiger partial charge in [0.1, 0.15) is 0 Å². The first kappa shape index (κ1) is 22.6. The molecular weight excluding hydrogens is 306 g/mol. The number of hydrogen-bond donors (Lipinski definition) is 3. The van der Waals surface area contributed by atoms with E-state index in [1.807, 2.05) is 0 Å². The van der Waals surface area contributed by atoms with Crippen LogP contribution in [0.25, 0.3) is 0 Å². The average molecular weight is 339 g/mol. The molecule has 9 nitrogen and oxygen atoms in total. The van der Waals surface area contributed by atoms with E-state index in [1.165, 1.54) is 0 Å². The summed E-state index contributed by atoms with van der Waals surface area (Å²) >= 11 is 0. The molecule has 9 heteroatoms. The van der Waals surface area contributed by atoms with Gasteiger partial charge in [0.05, 0.1) is 59.5 Å². The largest absolute Gasteiger partial charge is 0.378 e. The Bertz CT molecular complexity index is 213. The molecule has 0 heterocycles. The molecule has 0 bridgehead atoms. The Kier molecular flexibility index (Phi) is 16.2. The smallest absolute Gasteiger partial charge is 0.280 e. The molecule has 0 aliphatic rings. The molecule has 0 unspecified atom stereocenters. The highest BCUT2D eigenvalue weighted by atomic mass is 16.9. The molecule has 6 N–H and O–H groups in total. The zero-order valence-electron chi connectivity index (χ0n) is 14.2. The maximum atomic E-state index is 5.62. The molecule has 0 aliphatic carbocycles. The minimum Gasteiger partial charge on any atom is -0.378 e. The Balaban J connectivity index is 4.00. The zero-order valence-corrected chi connectivity index (χ0v) is 14.2. The lowest BCUT2D eigenvalue weighted by molar-refractivity contribution is -0.374. The third-order valence-corrected chi connectivity index (χ3v) is 2.56. The van der Waals surface area contributed by atoms with Crippen molar-refractivity contribution < 1.29 is 28.4 Å². The van der Waals surface area contributed by atoms with Crippen LogP contribution in [0.1, 0.15) is 6.92 Å². The molecule has 0 aromatic carbocycles. The summed E-state index contributed by atoms with van der Waals surface area (Å²) in [6, 6.07) is 0. The predicted octanol–water partition coefficient (Wildman–Crippen LogP) is -1.36. The van der Waals surface area contributed by atoms with E-state index in [0.29, 0.717) is 79.1 Å². The van der Waals surface area contributed by atoms with Crippen molar-refractivity contribution in [3.63, 3.8) is 0 Å². The molecule has 0 atom stereocenters. The van der Waals surface area contributed by atoms with Gasteiger partial charge in [0.15, 0.2) is 0 Å². The molecule has 0 saturated heterocycles. The van der Waals surface area contributed by atoms with Gasteiger partial charge >= 0.3 is 0 Å².